The first-order valence-corrected chi connectivity index (χ1v) is 49.2. The Morgan fingerprint density at radius 1 is 0.229 bits per heavy atom. The number of hydrogen-bond donors (Lipinski definition) is 3. The summed E-state index contributed by atoms with van der Waals surface area (Å²) in [4.78, 5) is 73.4. The second-order valence-electron chi connectivity index (χ2n) is 34.2. The van der Waals surface area contributed by atoms with Gasteiger partial charge in [0.05, 0.1) is 26.4 Å². The summed E-state index contributed by atoms with van der Waals surface area (Å²) in [7, 11) is -9.94. The van der Waals surface area contributed by atoms with Crippen LogP contribution in [0.3, 0.4) is 0 Å². The van der Waals surface area contributed by atoms with Gasteiger partial charge in [-0.25, -0.2) is 9.13 Å². The van der Waals surface area contributed by atoms with Gasteiger partial charge in [0, 0.05) is 25.7 Å². The summed E-state index contributed by atoms with van der Waals surface area (Å²) < 4.78 is 69.0. The fourth-order valence-corrected chi connectivity index (χ4v) is 15.6. The number of phosphoric ester groups is 2. The Balaban J connectivity index is 5.23. The molecule has 0 amide bonds. The number of hydrogen-bond acceptors (Lipinski definition) is 15. The lowest BCUT2D eigenvalue weighted by Gasteiger charge is -2.21. The zero-order valence-corrected chi connectivity index (χ0v) is 74.0. The second-order valence-corrected chi connectivity index (χ2v) is 37.2. The number of phosphoric acid groups is 2. The van der Waals surface area contributed by atoms with Crippen LogP contribution in [0.15, 0.2) is 0 Å². The molecule has 0 aliphatic rings. The highest BCUT2D eigenvalue weighted by atomic mass is 31.2. The predicted octanol–water partition coefficient (Wildman–Crippen LogP) is 27.5. The number of unbranched alkanes of at least 4 members (excludes halogenated alkanes) is 53. The Bertz CT molecular complexity index is 2110. The second kappa shape index (κ2) is 78.6. The fraction of sp³-hybridized carbons (Fsp3) is 0.956. The maximum atomic E-state index is 13.2. The maximum Gasteiger partial charge on any atom is 0.472 e. The molecular formula is C90H176O17P2. The molecule has 0 spiro atoms. The highest BCUT2D eigenvalue weighted by Gasteiger charge is 2.31. The molecule has 2 unspecified atom stereocenters. The molecule has 5 atom stereocenters. The quantitative estimate of drug-likeness (QED) is 0.0222. The lowest BCUT2D eigenvalue weighted by atomic mass is 10.0. The van der Waals surface area contributed by atoms with Gasteiger partial charge < -0.3 is 33.8 Å². The van der Waals surface area contributed by atoms with E-state index in [0.29, 0.717) is 25.7 Å². The average molecular weight is 1590 g/mol. The molecule has 0 heterocycles. The number of carbonyl (C=O) groups excluding carboxylic acids is 4. The number of rotatable bonds is 87. The third-order valence-corrected chi connectivity index (χ3v) is 23.0. The molecule has 0 aliphatic carbocycles. The smallest absolute Gasteiger partial charge is 0.462 e. The molecule has 648 valence electrons. The summed E-state index contributed by atoms with van der Waals surface area (Å²) in [5.74, 6) is 1.05. The molecule has 0 radical (unpaired) electrons. The highest BCUT2D eigenvalue weighted by Crippen LogP contribution is 2.45. The number of ether oxygens (including phenoxy) is 4. The van der Waals surface area contributed by atoms with Crippen LogP contribution in [-0.4, -0.2) is 96.7 Å². The van der Waals surface area contributed by atoms with E-state index in [2.05, 4.69) is 55.4 Å². The van der Waals surface area contributed by atoms with Crippen molar-refractivity contribution < 1.29 is 80.2 Å². The lowest BCUT2D eigenvalue weighted by molar-refractivity contribution is -0.161. The maximum absolute atomic E-state index is 13.2. The molecule has 0 saturated carbocycles. The van der Waals surface area contributed by atoms with Crippen molar-refractivity contribution in [3.8, 4) is 0 Å². The van der Waals surface area contributed by atoms with Crippen LogP contribution in [0.25, 0.3) is 0 Å². The average Bonchev–Trinajstić information content (AvgIpc) is 0.907. The first-order valence-electron chi connectivity index (χ1n) is 46.2. The largest absolute Gasteiger partial charge is 0.472 e. The first kappa shape index (κ1) is 107. The SMILES string of the molecule is CC(C)CCCCCCCCCCCCCCCCCCCCC(=O)OC[C@H](COP(=O)(O)OC[C@@H](O)COP(=O)(O)OC[C@@H](COC(=O)CCCCCCCCCCC(C)C)OC(=O)CCCCCCCCCCCCCCCC(C)C)OC(=O)CCCCCCCCCCCCCCCCCCCCC(C)C. The Morgan fingerprint density at radius 2 is 0.385 bits per heavy atom. The van der Waals surface area contributed by atoms with Crippen LogP contribution in [0, 0.1) is 23.7 Å². The Hall–Kier alpha value is -1.94. The standard InChI is InChI=1S/C90H176O17P2/c1-80(2)66-58-50-42-34-28-22-17-13-9-11-15-19-25-31-37-46-54-62-70-87(92)100-76-85(106-89(94)72-64-56-48-38-32-26-20-16-12-10-14-18-23-29-35-43-51-59-67-81(3)4)78-104-108(96,97)102-74-84(91)75-103-109(98,99)105-79-86(77-101-88(93)71-63-55-47-41-40-45-53-61-69-83(7)8)107-90(95)73-65-57-49-39-33-27-21-24-30-36-44-52-60-68-82(5)6/h80-86,91H,9-79H2,1-8H3,(H,96,97)(H,98,99)/t84-,85-,86-/m1/s1. The van der Waals surface area contributed by atoms with Gasteiger partial charge in [0.25, 0.3) is 0 Å². The Morgan fingerprint density at radius 3 is 0.569 bits per heavy atom. The van der Waals surface area contributed by atoms with Gasteiger partial charge in [-0.1, -0.05) is 421 Å². The van der Waals surface area contributed by atoms with E-state index < -0.39 is 97.5 Å². The molecule has 0 saturated heterocycles. The Kier molecular flexibility index (Phi) is 77.2. The number of esters is 4. The van der Waals surface area contributed by atoms with Crippen LogP contribution >= 0.6 is 15.6 Å². The van der Waals surface area contributed by atoms with Crippen molar-refractivity contribution in [3.05, 3.63) is 0 Å². The lowest BCUT2D eigenvalue weighted by Crippen LogP contribution is -2.30. The van der Waals surface area contributed by atoms with E-state index in [4.69, 9.17) is 37.0 Å². The molecule has 0 fully saturated rings. The van der Waals surface area contributed by atoms with Crippen LogP contribution in [-0.2, 0) is 65.4 Å². The predicted molar refractivity (Wildman–Crippen MR) is 451 cm³/mol. The number of aliphatic hydroxyl groups excluding tert-OH is 1. The number of aliphatic hydroxyl groups is 1. The summed E-state index contributed by atoms with van der Waals surface area (Å²) in [5, 5.41) is 10.7. The fourth-order valence-electron chi connectivity index (χ4n) is 14.0. The summed E-state index contributed by atoms with van der Waals surface area (Å²) in [6.07, 6.45) is 69.6. The van der Waals surface area contributed by atoms with Crippen molar-refractivity contribution in [1.29, 1.82) is 0 Å². The van der Waals surface area contributed by atoms with Crippen molar-refractivity contribution in [2.24, 2.45) is 23.7 Å². The van der Waals surface area contributed by atoms with Crippen LogP contribution in [0.5, 0.6) is 0 Å². The van der Waals surface area contributed by atoms with Gasteiger partial charge in [0.15, 0.2) is 12.2 Å². The minimum atomic E-state index is -4.97. The molecule has 0 aromatic heterocycles. The topological polar surface area (TPSA) is 237 Å². The molecule has 19 heteroatoms. The molecule has 17 nitrogen and oxygen atoms in total. The monoisotopic (exact) mass is 1590 g/mol. The van der Waals surface area contributed by atoms with E-state index in [1.165, 1.54) is 276 Å². The van der Waals surface area contributed by atoms with Crippen LogP contribution in [0.4, 0.5) is 0 Å². The van der Waals surface area contributed by atoms with Crippen molar-refractivity contribution in [3.63, 3.8) is 0 Å². The minimum absolute atomic E-state index is 0.107. The van der Waals surface area contributed by atoms with Crippen molar-refractivity contribution in [2.75, 3.05) is 39.6 Å². The van der Waals surface area contributed by atoms with Crippen LogP contribution in [0.1, 0.15) is 473 Å². The summed E-state index contributed by atoms with van der Waals surface area (Å²) in [6.45, 7) is 14.4. The molecule has 0 aliphatic heterocycles. The third kappa shape index (κ3) is 83.8. The summed E-state index contributed by atoms with van der Waals surface area (Å²) >= 11 is 0. The van der Waals surface area contributed by atoms with Crippen molar-refractivity contribution >= 4 is 39.5 Å². The van der Waals surface area contributed by atoms with Gasteiger partial charge in [0.2, 0.25) is 0 Å². The van der Waals surface area contributed by atoms with E-state index in [1.807, 2.05) is 0 Å². The molecule has 3 N–H and O–H groups in total. The molecule has 0 rings (SSSR count). The molecule has 0 aromatic carbocycles. The van der Waals surface area contributed by atoms with E-state index in [1.54, 1.807) is 0 Å². The van der Waals surface area contributed by atoms with E-state index in [-0.39, 0.29) is 25.7 Å². The normalized spacial score (nSPS) is 13.9. The molecule has 109 heavy (non-hydrogen) atoms. The third-order valence-electron chi connectivity index (χ3n) is 21.1. The zero-order valence-electron chi connectivity index (χ0n) is 72.2. The molecule has 0 bridgehead atoms. The molecular weight excluding hydrogens is 1410 g/mol. The van der Waals surface area contributed by atoms with Crippen molar-refractivity contribution in [1.82, 2.24) is 0 Å². The van der Waals surface area contributed by atoms with Crippen LogP contribution < -0.4 is 0 Å². The number of carbonyl (C=O) groups is 4. The van der Waals surface area contributed by atoms with Gasteiger partial charge in [-0.15, -0.1) is 0 Å². The van der Waals surface area contributed by atoms with Gasteiger partial charge in [-0.05, 0) is 49.4 Å². The van der Waals surface area contributed by atoms with E-state index in [9.17, 15) is 43.2 Å². The summed E-state index contributed by atoms with van der Waals surface area (Å²) in [5.41, 5.74) is 0. The first-order chi connectivity index (χ1) is 52.6. The minimum Gasteiger partial charge on any atom is -0.462 e. The Labute approximate surface area is 670 Å². The van der Waals surface area contributed by atoms with Crippen LogP contribution in [0.2, 0.25) is 0 Å². The van der Waals surface area contributed by atoms with E-state index in [0.717, 1.165) is 114 Å². The van der Waals surface area contributed by atoms with Gasteiger partial charge >= 0.3 is 39.5 Å². The van der Waals surface area contributed by atoms with E-state index >= 15 is 0 Å². The van der Waals surface area contributed by atoms with Gasteiger partial charge in [-0.2, -0.15) is 0 Å². The molecule has 0 aromatic rings. The van der Waals surface area contributed by atoms with Gasteiger partial charge in [0.1, 0.15) is 19.3 Å². The zero-order chi connectivity index (χ0) is 80.2. The highest BCUT2D eigenvalue weighted by molar-refractivity contribution is 7.47. The summed E-state index contributed by atoms with van der Waals surface area (Å²) in [6, 6.07) is 0. The van der Waals surface area contributed by atoms with Gasteiger partial charge in [-0.3, -0.25) is 37.3 Å². The van der Waals surface area contributed by atoms with Crippen molar-refractivity contribution in [2.45, 2.75) is 491 Å².